The van der Waals surface area contributed by atoms with Gasteiger partial charge in [0.15, 0.2) is 5.78 Å². The van der Waals surface area contributed by atoms with Crippen LogP contribution in [0.4, 0.5) is 45.4 Å². The molecular weight excluding hydrogens is 674 g/mol. The average molecular weight is 717 g/mol. The van der Waals surface area contributed by atoms with E-state index >= 15 is 0 Å². The molecule has 0 saturated heterocycles. The number of halogens is 10. The molecule has 1 rings (SSSR count). The van der Waals surface area contributed by atoms with E-state index in [4.69, 9.17) is 60.3 Å². The Morgan fingerprint density at radius 3 is 1.91 bits per heavy atom. The van der Waals surface area contributed by atoms with Crippen molar-refractivity contribution in [2.45, 2.75) is 53.0 Å². The number of methoxy groups -OCH3 is 1. The lowest BCUT2D eigenvalue weighted by Crippen LogP contribution is -2.37. The number of amides is 1. The fourth-order valence-electron chi connectivity index (χ4n) is 3.40. The molecule has 0 radical (unpaired) electrons. The zero-order valence-electron chi connectivity index (χ0n) is 26.3. The summed E-state index contributed by atoms with van der Waals surface area (Å²) in [5, 5.41) is 10.5. The van der Waals surface area contributed by atoms with Crippen LogP contribution in [0.1, 0.15) is 39.3 Å². The number of ether oxygens (including phenoxy) is 5. The van der Waals surface area contributed by atoms with Gasteiger partial charge in [0.2, 0.25) is 5.91 Å². The van der Waals surface area contributed by atoms with E-state index in [1.54, 1.807) is 27.0 Å². The number of carbonyl (C=O) groups is 3. The predicted octanol–water partition coefficient (Wildman–Crippen LogP) is 4.81. The van der Waals surface area contributed by atoms with E-state index in [1.807, 2.05) is 0 Å². The van der Waals surface area contributed by atoms with Gasteiger partial charge in [-0.05, 0) is 20.3 Å². The Balaban J connectivity index is -0.00000107. The fraction of sp³-hybridized carbons (Fsp3) is 0.800. The summed E-state index contributed by atoms with van der Waals surface area (Å²) in [4.78, 5) is 35.5. The first-order valence-corrected chi connectivity index (χ1v) is 13.5. The monoisotopic (exact) mass is 716 g/mol. The molecule has 0 bridgehead atoms. The number of hydrogen-bond donors (Lipinski definition) is 1. The summed E-state index contributed by atoms with van der Waals surface area (Å²) in [7, 11) is 1.53. The molecule has 1 unspecified atom stereocenters. The van der Waals surface area contributed by atoms with E-state index in [2.05, 4.69) is 15.6 Å². The molecule has 22 heteroatoms. The Morgan fingerprint density at radius 2 is 1.38 bits per heavy atom. The second kappa shape index (κ2) is 35.7. The summed E-state index contributed by atoms with van der Waals surface area (Å²) in [6.07, 6.45) is -1.15. The van der Waals surface area contributed by atoms with Gasteiger partial charge in [-0.1, -0.05) is 12.1 Å². The van der Waals surface area contributed by atoms with Crippen molar-refractivity contribution in [3.05, 3.63) is 11.9 Å². The first kappa shape index (κ1) is 50.7. The summed E-state index contributed by atoms with van der Waals surface area (Å²) in [5.74, 6) is -1.99. The molecule has 0 fully saturated rings. The molecule has 12 nitrogen and oxygen atoms in total. The maximum atomic E-state index is 12.3. The fourth-order valence-corrected chi connectivity index (χ4v) is 3.40. The van der Waals surface area contributed by atoms with Crippen molar-refractivity contribution in [2.24, 2.45) is 11.3 Å². The van der Waals surface area contributed by atoms with Crippen LogP contribution in [0.2, 0.25) is 0 Å². The summed E-state index contributed by atoms with van der Waals surface area (Å²) >= 11 is 0. The third-order valence-electron chi connectivity index (χ3n) is 5.55. The zero-order chi connectivity index (χ0) is 37.1. The van der Waals surface area contributed by atoms with Gasteiger partial charge in [0.05, 0.1) is 63.9 Å². The largest absolute Gasteiger partial charge is 0.463 e. The highest BCUT2D eigenvalue weighted by Crippen LogP contribution is 2.27. The molecule has 47 heavy (non-hydrogen) atoms. The second-order valence-electron chi connectivity index (χ2n) is 9.49. The van der Waals surface area contributed by atoms with Gasteiger partial charge >= 0.3 is 5.97 Å². The number of carbonyl (C=O) groups excluding carboxylic acids is 3. The molecular formula is C25H42F10N4O8. The maximum Gasteiger partial charge on any atom is 0.311 e. The number of rotatable bonds is 23. The number of ketones is 1. The van der Waals surface area contributed by atoms with Gasteiger partial charge in [0.1, 0.15) is 6.61 Å². The standard InChI is InChI=1S/C25H42F2N4O8.4F2/c1-19(17-25(2,3)24(34)39-16-11-35-4)23(33)28-7-9-36-12-14-38-15-13-37-10-8-31-18-20(29-30-31)5-6-21(32)22(26)27;4*1-2/h18-19,22H,5-17H2,1-4H3,(H,28,33);;;;. The maximum absolute atomic E-state index is 12.3. The van der Waals surface area contributed by atoms with E-state index in [0.29, 0.717) is 71.5 Å². The number of Topliss-reactive ketones (excluding diaryl/α,β-unsaturated/α-hetero) is 1. The lowest BCUT2D eigenvalue weighted by Gasteiger charge is -2.25. The number of hydrogen-bond acceptors (Lipinski definition) is 10. The van der Waals surface area contributed by atoms with Crippen molar-refractivity contribution in [3.8, 4) is 0 Å². The quantitative estimate of drug-likeness (QED) is 0.0954. The van der Waals surface area contributed by atoms with Gasteiger partial charge < -0.3 is 29.0 Å². The first-order chi connectivity index (χ1) is 22.6. The lowest BCUT2D eigenvalue weighted by molar-refractivity contribution is -0.156. The van der Waals surface area contributed by atoms with Gasteiger partial charge in [0, 0.05) is 75.2 Å². The Kier molecular flexibility index (Phi) is 38.6. The average Bonchev–Trinajstić information content (AvgIpc) is 3.55. The van der Waals surface area contributed by atoms with Gasteiger partial charge in [-0.3, -0.25) is 14.4 Å². The van der Waals surface area contributed by atoms with Crippen molar-refractivity contribution in [3.63, 3.8) is 0 Å². The molecule has 0 spiro atoms. The molecule has 0 saturated carbocycles. The molecule has 1 aromatic heterocycles. The normalized spacial score (nSPS) is 10.9. The highest BCUT2D eigenvalue weighted by atomic mass is 20.0. The van der Waals surface area contributed by atoms with Crippen molar-refractivity contribution in [1.82, 2.24) is 20.3 Å². The molecule has 1 atom stereocenters. The molecule has 280 valence electrons. The molecule has 1 amide bonds. The van der Waals surface area contributed by atoms with Crippen LogP contribution in [0.5, 0.6) is 0 Å². The number of alkyl halides is 2. The molecule has 1 heterocycles. The molecule has 0 aliphatic heterocycles. The summed E-state index contributed by atoms with van der Waals surface area (Å²) in [5.41, 5.74) is -0.314. The minimum atomic E-state index is -2.96. The van der Waals surface area contributed by atoms with Crippen molar-refractivity contribution < 1.29 is 83.4 Å². The lowest BCUT2D eigenvalue weighted by atomic mass is 9.83. The van der Waals surface area contributed by atoms with Crippen molar-refractivity contribution in [2.75, 3.05) is 66.5 Å². The van der Waals surface area contributed by atoms with Crippen molar-refractivity contribution in [1.29, 1.82) is 0 Å². The van der Waals surface area contributed by atoms with Crippen LogP contribution >= 0.6 is 0 Å². The topological polar surface area (TPSA) is 140 Å². The Bertz CT molecular complexity index is 878. The second-order valence-corrected chi connectivity index (χ2v) is 9.49. The third-order valence-corrected chi connectivity index (χ3v) is 5.55. The molecule has 0 aromatic carbocycles. The van der Waals surface area contributed by atoms with Crippen LogP contribution in [0, 0.1) is 11.3 Å². The number of aromatic nitrogens is 3. The van der Waals surface area contributed by atoms with E-state index in [9.17, 15) is 23.2 Å². The van der Waals surface area contributed by atoms with Crippen LogP contribution < -0.4 is 5.32 Å². The minimum Gasteiger partial charge on any atom is -0.463 e. The summed E-state index contributed by atoms with van der Waals surface area (Å²) < 4.78 is 116. The zero-order valence-corrected chi connectivity index (χ0v) is 26.3. The number of esters is 1. The van der Waals surface area contributed by atoms with Gasteiger partial charge in [-0.15, -0.1) is 5.10 Å². The van der Waals surface area contributed by atoms with Gasteiger partial charge in [0.25, 0.3) is 6.43 Å². The third kappa shape index (κ3) is 28.8. The highest BCUT2D eigenvalue weighted by Gasteiger charge is 2.33. The van der Waals surface area contributed by atoms with Gasteiger partial charge in [-0.2, -0.15) is 0 Å². The number of nitrogens with one attached hydrogen (secondary N) is 1. The predicted molar refractivity (Wildman–Crippen MR) is 144 cm³/mol. The summed E-state index contributed by atoms with van der Waals surface area (Å²) in [6, 6.07) is 0. The van der Waals surface area contributed by atoms with Crippen molar-refractivity contribution >= 4 is 17.7 Å². The summed E-state index contributed by atoms with van der Waals surface area (Å²) in [6.45, 7) is 8.72. The van der Waals surface area contributed by atoms with E-state index < -0.39 is 17.6 Å². The Labute approximate surface area is 264 Å². The highest BCUT2D eigenvalue weighted by molar-refractivity contribution is 5.81. The molecule has 0 aliphatic rings. The number of nitrogens with zero attached hydrogens (tertiary/aromatic N) is 3. The van der Waals surface area contributed by atoms with Gasteiger partial charge in [-0.25, -0.2) is 13.5 Å². The van der Waals surface area contributed by atoms with Crippen LogP contribution in [0.15, 0.2) is 6.20 Å². The molecule has 0 aliphatic carbocycles. The first-order valence-electron chi connectivity index (χ1n) is 13.5. The van der Waals surface area contributed by atoms with Crippen LogP contribution in [0.25, 0.3) is 0 Å². The van der Waals surface area contributed by atoms with Crippen LogP contribution in [0.3, 0.4) is 0 Å². The number of aryl methyl sites for hydroxylation is 1. The Hall–Kier alpha value is -3.11. The SMILES string of the molecule is COCCOC(=O)C(C)(C)CC(C)C(=O)NCCOCCOCCOCCn1cc(CCC(=O)C(F)F)nn1.FF.FF.FF.FF. The minimum absolute atomic E-state index is 0.123. The van der Waals surface area contributed by atoms with Crippen LogP contribution in [-0.2, 0) is 51.0 Å². The van der Waals surface area contributed by atoms with Crippen LogP contribution in [-0.4, -0.2) is 106 Å². The smallest absolute Gasteiger partial charge is 0.311 e. The molecule has 1 N–H and O–H groups in total. The Morgan fingerprint density at radius 1 is 0.851 bits per heavy atom. The van der Waals surface area contributed by atoms with E-state index in [-0.39, 0.29) is 37.2 Å². The van der Waals surface area contributed by atoms with E-state index in [0.717, 1.165) is 0 Å². The molecule has 1 aromatic rings. The van der Waals surface area contributed by atoms with E-state index in [1.165, 1.54) is 11.8 Å².